The number of piperazine rings is 1. The fourth-order valence-corrected chi connectivity index (χ4v) is 6.66. The lowest BCUT2D eigenvalue weighted by molar-refractivity contribution is -0.166. The van der Waals surface area contributed by atoms with Crippen molar-refractivity contribution in [2.24, 2.45) is 0 Å². The van der Waals surface area contributed by atoms with Gasteiger partial charge in [0.2, 0.25) is 0 Å². The van der Waals surface area contributed by atoms with Crippen molar-refractivity contribution in [2.45, 2.75) is 38.8 Å². The van der Waals surface area contributed by atoms with Gasteiger partial charge in [-0.3, -0.25) is 9.59 Å². The predicted octanol–water partition coefficient (Wildman–Crippen LogP) is 3.12. The highest BCUT2D eigenvalue weighted by Crippen LogP contribution is 2.36. The van der Waals surface area contributed by atoms with E-state index in [9.17, 15) is 26.8 Å². The summed E-state index contributed by atoms with van der Waals surface area (Å²) in [5, 5.41) is 2.43. The Morgan fingerprint density at radius 2 is 1.55 bits per heavy atom. The molecule has 2 aromatic rings. The maximum atomic E-state index is 15.6. The third kappa shape index (κ3) is 5.85. The summed E-state index contributed by atoms with van der Waals surface area (Å²) < 4.78 is 93.1. The highest BCUT2D eigenvalue weighted by molar-refractivity contribution is 7.86. The van der Waals surface area contributed by atoms with E-state index in [1.165, 1.54) is 37.2 Å². The van der Waals surface area contributed by atoms with E-state index in [0.717, 1.165) is 21.3 Å². The number of alkyl halides is 2. The van der Waals surface area contributed by atoms with Crippen molar-refractivity contribution in [1.29, 1.82) is 0 Å². The van der Waals surface area contributed by atoms with E-state index in [0.29, 0.717) is 12.1 Å². The van der Waals surface area contributed by atoms with Crippen LogP contribution in [0.2, 0.25) is 0 Å². The molecule has 2 aliphatic heterocycles. The van der Waals surface area contributed by atoms with E-state index in [2.05, 4.69) is 5.32 Å². The number of halogens is 4. The molecular formula is C26H30F4N4O5S. The van der Waals surface area contributed by atoms with E-state index >= 15 is 8.78 Å². The maximum absolute atomic E-state index is 15.6. The van der Waals surface area contributed by atoms with Gasteiger partial charge in [0.25, 0.3) is 22.0 Å². The summed E-state index contributed by atoms with van der Waals surface area (Å²) in [5.74, 6) is -8.81. The fraction of sp³-hybridized carbons (Fsp3) is 0.462. The summed E-state index contributed by atoms with van der Waals surface area (Å²) >= 11 is 0. The number of amides is 2. The minimum absolute atomic E-state index is 0.159. The number of hydrogen-bond donors (Lipinski definition) is 1. The molecule has 2 amide bonds. The van der Waals surface area contributed by atoms with Crippen LogP contribution in [0.4, 0.5) is 23.2 Å². The zero-order valence-electron chi connectivity index (χ0n) is 22.2. The van der Waals surface area contributed by atoms with Crippen LogP contribution >= 0.6 is 0 Å². The molecule has 4 rings (SSSR count). The number of aryl methyl sites for hydroxylation is 1. The van der Waals surface area contributed by atoms with Crippen LogP contribution in [0.15, 0.2) is 36.4 Å². The Balaban J connectivity index is 1.53. The summed E-state index contributed by atoms with van der Waals surface area (Å²) in [6, 6.07) is 4.12. The molecule has 2 aliphatic rings. The molecule has 218 valence electrons. The van der Waals surface area contributed by atoms with Crippen molar-refractivity contribution >= 4 is 27.7 Å². The molecule has 2 heterocycles. The average Bonchev–Trinajstić information content (AvgIpc) is 2.90. The normalized spacial score (nSPS) is 21.3. The van der Waals surface area contributed by atoms with Gasteiger partial charge in [0, 0.05) is 49.5 Å². The zero-order valence-corrected chi connectivity index (χ0v) is 23.0. The van der Waals surface area contributed by atoms with Gasteiger partial charge in [-0.15, -0.1) is 0 Å². The molecule has 0 aliphatic carbocycles. The van der Waals surface area contributed by atoms with Crippen LogP contribution in [-0.2, 0) is 25.7 Å². The zero-order chi connectivity index (χ0) is 29.4. The predicted molar refractivity (Wildman–Crippen MR) is 138 cm³/mol. The van der Waals surface area contributed by atoms with Crippen LogP contribution in [0.25, 0.3) is 0 Å². The summed E-state index contributed by atoms with van der Waals surface area (Å²) in [4.78, 5) is 26.7. The van der Waals surface area contributed by atoms with Gasteiger partial charge in [0.05, 0.1) is 18.8 Å². The lowest BCUT2D eigenvalue weighted by atomic mass is 10.0. The second kappa shape index (κ2) is 11.4. The number of carbonyl (C=O) groups is 2. The smallest absolute Gasteiger partial charge is 0.352 e. The van der Waals surface area contributed by atoms with Gasteiger partial charge in [-0.2, -0.15) is 25.8 Å². The monoisotopic (exact) mass is 586 g/mol. The van der Waals surface area contributed by atoms with Gasteiger partial charge in [-0.25, -0.2) is 8.78 Å². The summed E-state index contributed by atoms with van der Waals surface area (Å²) in [6.45, 7) is 4.70. The van der Waals surface area contributed by atoms with Gasteiger partial charge >= 0.3 is 5.92 Å². The van der Waals surface area contributed by atoms with Crippen LogP contribution in [0, 0.1) is 18.6 Å². The minimum atomic E-state index is -4.36. The first-order chi connectivity index (χ1) is 18.7. The summed E-state index contributed by atoms with van der Waals surface area (Å²) in [5.41, 5.74) is -1.18. The van der Waals surface area contributed by atoms with Crippen molar-refractivity contribution in [3.63, 3.8) is 0 Å². The van der Waals surface area contributed by atoms with E-state index in [1.54, 1.807) is 0 Å². The number of hydrogen-bond acceptors (Lipinski definition) is 5. The highest BCUT2D eigenvalue weighted by atomic mass is 32.2. The number of rotatable bonds is 6. The fourth-order valence-electron chi connectivity index (χ4n) is 4.91. The first kappa shape index (κ1) is 29.9. The van der Waals surface area contributed by atoms with Crippen LogP contribution < -0.4 is 5.32 Å². The van der Waals surface area contributed by atoms with E-state index in [1.807, 2.05) is 0 Å². The molecule has 0 bridgehead atoms. The molecule has 0 saturated carbocycles. The number of morpholine rings is 1. The van der Waals surface area contributed by atoms with Crippen molar-refractivity contribution in [3.8, 4) is 0 Å². The first-order valence-electron chi connectivity index (χ1n) is 12.6. The van der Waals surface area contributed by atoms with Gasteiger partial charge in [0.15, 0.2) is 0 Å². The molecule has 2 atom stereocenters. The quantitative estimate of drug-likeness (QED) is 0.525. The second-order valence-corrected chi connectivity index (χ2v) is 11.9. The van der Waals surface area contributed by atoms with Crippen LogP contribution in [0.3, 0.4) is 0 Å². The summed E-state index contributed by atoms with van der Waals surface area (Å²) in [6.07, 6.45) is 0. The topological polar surface area (TPSA) is 99.3 Å². The first-order valence-corrected chi connectivity index (χ1v) is 14.0. The molecule has 2 saturated heterocycles. The molecule has 0 spiro atoms. The Kier molecular flexibility index (Phi) is 8.54. The SMILES string of the molecule is Cc1cc(NC(=O)c2ccc(F)c(C(F)(F)C(=O)N3[C@H](C)CN(S(=O)(=O)N4CCOCC4)C[C@@H]3C)c2)ccc1F. The maximum Gasteiger partial charge on any atom is 0.352 e. The molecule has 2 aromatic carbocycles. The van der Waals surface area contributed by atoms with Crippen LogP contribution in [-0.4, -0.2) is 85.2 Å². The van der Waals surface area contributed by atoms with E-state index in [-0.39, 0.29) is 56.2 Å². The van der Waals surface area contributed by atoms with Gasteiger partial charge < -0.3 is 15.0 Å². The summed E-state index contributed by atoms with van der Waals surface area (Å²) in [7, 11) is -3.90. The van der Waals surface area contributed by atoms with Crippen molar-refractivity contribution in [3.05, 3.63) is 64.7 Å². The molecule has 0 unspecified atom stereocenters. The molecule has 40 heavy (non-hydrogen) atoms. The molecule has 14 heteroatoms. The third-order valence-electron chi connectivity index (χ3n) is 6.99. The number of ether oxygens (including phenoxy) is 1. The number of benzene rings is 2. The third-order valence-corrected chi connectivity index (χ3v) is 8.96. The largest absolute Gasteiger partial charge is 0.379 e. The Morgan fingerprint density at radius 3 is 2.15 bits per heavy atom. The number of nitrogens with one attached hydrogen (secondary N) is 1. The lowest BCUT2D eigenvalue weighted by Crippen LogP contribution is -2.64. The number of nitrogens with zero attached hydrogens (tertiary/aromatic N) is 3. The molecule has 1 N–H and O–H groups in total. The van der Waals surface area contributed by atoms with Gasteiger partial charge in [-0.1, -0.05) is 0 Å². The lowest BCUT2D eigenvalue weighted by Gasteiger charge is -2.46. The van der Waals surface area contributed by atoms with Gasteiger partial charge in [-0.05, 0) is 62.7 Å². The van der Waals surface area contributed by atoms with Crippen molar-refractivity contribution < 1.29 is 40.3 Å². The van der Waals surface area contributed by atoms with Crippen molar-refractivity contribution in [1.82, 2.24) is 13.5 Å². The molecule has 0 radical (unpaired) electrons. The number of carbonyl (C=O) groups excluding carboxylic acids is 2. The molecular weight excluding hydrogens is 556 g/mol. The minimum Gasteiger partial charge on any atom is -0.379 e. The van der Waals surface area contributed by atoms with E-state index < -0.39 is 57.2 Å². The molecule has 9 nitrogen and oxygen atoms in total. The molecule has 2 fully saturated rings. The Morgan fingerprint density at radius 1 is 0.950 bits per heavy atom. The van der Waals surface area contributed by atoms with Crippen molar-refractivity contribution in [2.75, 3.05) is 44.7 Å². The number of anilines is 1. The Bertz CT molecular complexity index is 1390. The van der Waals surface area contributed by atoms with Crippen LogP contribution in [0.1, 0.15) is 35.3 Å². The Hall–Kier alpha value is -3.07. The standard InChI is InChI=1S/C26H30F4N4O5S/c1-16-12-20(5-7-22(16)27)31-24(35)19-4-6-23(28)21(13-19)26(29,30)25(36)34-17(2)14-33(15-18(34)3)40(37,38)32-8-10-39-11-9-32/h4-7,12-13,17-18H,8-11,14-15H2,1-3H3,(H,31,35)/t17-,18+. The second-order valence-electron chi connectivity index (χ2n) is 9.93. The average molecular weight is 587 g/mol. The Labute approximate surface area is 229 Å². The highest BCUT2D eigenvalue weighted by Gasteiger charge is 2.51. The van der Waals surface area contributed by atoms with E-state index in [4.69, 9.17) is 4.74 Å². The molecule has 0 aromatic heterocycles. The van der Waals surface area contributed by atoms with Crippen LogP contribution in [0.5, 0.6) is 0 Å². The van der Waals surface area contributed by atoms with Gasteiger partial charge in [0.1, 0.15) is 11.6 Å².